The summed E-state index contributed by atoms with van der Waals surface area (Å²) in [6.07, 6.45) is 4.54. The van der Waals surface area contributed by atoms with Crippen molar-refractivity contribution >= 4 is 28.5 Å². The molecule has 5 rings (SSSR count). The van der Waals surface area contributed by atoms with Crippen LogP contribution in [0.2, 0.25) is 5.15 Å². The van der Waals surface area contributed by atoms with Gasteiger partial charge in [-0.1, -0.05) is 23.7 Å². The number of hydrogen-bond acceptors (Lipinski definition) is 4. The van der Waals surface area contributed by atoms with Gasteiger partial charge in [0.25, 0.3) is 0 Å². The summed E-state index contributed by atoms with van der Waals surface area (Å²) >= 11 is 6.26. The number of aromatic nitrogens is 4. The Morgan fingerprint density at radius 2 is 1.96 bits per heavy atom. The van der Waals surface area contributed by atoms with Crippen molar-refractivity contribution in [3.63, 3.8) is 0 Å². The van der Waals surface area contributed by atoms with Gasteiger partial charge in [0.15, 0.2) is 0 Å². The fourth-order valence-corrected chi connectivity index (χ4v) is 3.73. The highest BCUT2D eigenvalue weighted by atomic mass is 35.5. The number of imidazole rings is 1. The molecule has 1 saturated heterocycles. The van der Waals surface area contributed by atoms with Crippen LogP contribution in [0, 0.1) is 0 Å². The van der Waals surface area contributed by atoms with E-state index in [9.17, 15) is 0 Å². The number of aromatic amines is 1. The summed E-state index contributed by atoms with van der Waals surface area (Å²) in [5.74, 6) is 3.33. The Kier molecular flexibility index (Phi) is 3.23. The molecule has 3 aromatic rings. The number of hydrogen-bond donors (Lipinski definition) is 1. The number of halogens is 1. The van der Waals surface area contributed by atoms with Gasteiger partial charge in [-0.05, 0) is 37.8 Å². The highest BCUT2D eigenvalue weighted by Gasteiger charge is 2.32. The molecule has 0 bridgehead atoms. The van der Waals surface area contributed by atoms with Crippen molar-refractivity contribution in [2.75, 3.05) is 11.4 Å². The van der Waals surface area contributed by atoms with E-state index in [1.54, 1.807) is 0 Å². The summed E-state index contributed by atoms with van der Waals surface area (Å²) in [7, 11) is 0. The van der Waals surface area contributed by atoms with Crippen LogP contribution >= 0.6 is 11.6 Å². The van der Waals surface area contributed by atoms with Crippen LogP contribution in [0.15, 0.2) is 30.3 Å². The van der Waals surface area contributed by atoms with E-state index in [1.165, 1.54) is 12.8 Å². The van der Waals surface area contributed by atoms with Crippen molar-refractivity contribution in [1.29, 1.82) is 0 Å². The van der Waals surface area contributed by atoms with Crippen LogP contribution < -0.4 is 4.90 Å². The molecular formula is C18H18ClN5. The second-order valence-corrected chi connectivity index (χ2v) is 7.06. The molecule has 1 aliphatic carbocycles. The fourth-order valence-electron chi connectivity index (χ4n) is 3.55. The topological polar surface area (TPSA) is 57.7 Å². The molecule has 1 atom stereocenters. The Balaban J connectivity index is 1.53. The molecule has 2 aromatic heterocycles. The smallest absolute Gasteiger partial charge is 0.135 e. The second kappa shape index (κ2) is 5.45. The Bertz CT molecular complexity index is 868. The van der Waals surface area contributed by atoms with Gasteiger partial charge < -0.3 is 9.88 Å². The summed E-state index contributed by atoms with van der Waals surface area (Å²) in [4.78, 5) is 19.8. The minimum Gasteiger partial charge on any atom is -0.346 e. The third-order valence-electron chi connectivity index (χ3n) is 4.91. The first kappa shape index (κ1) is 14.2. The van der Waals surface area contributed by atoms with E-state index in [0.29, 0.717) is 11.1 Å². The highest BCUT2D eigenvalue weighted by Crippen LogP contribution is 2.41. The summed E-state index contributed by atoms with van der Waals surface area (Å²) in [5.41, 5.74) is 2.09. The molecule has 5 nitrogen and oxygen atoms in total. The van der Waals surface area contributed by atoms with Crippen LogP contribution in [0.4, 0.5) is 5.82 Å². The zero-order valence-electron chi connectivity index (χ0n) is 13.2. The van der Waals surface area contributed by atoms with Crippen molar-refractivity contribution in [2.45, 2.75) is 37.6 Å². The predicted molar refractivity (Wildman–Crippen MR) is 94.4 cm³/mol. The first-order chi connectivity index (χ1) is 11.8. The molecule has 6 heteroatoms. The van der Waals surface area contributed by atoms with Crippen LogP contribution in [0.5, 0.6) is 0 Å². The first-order valence-electron chi connectivity index (χ1n) is 8.54. The molecule has 0 amide bonds. The number of rotatable bonds is 3. The highest BCUT2D eigenvalue weighted by molar-refractivity contribution is 6.29. The third-order valence-corrected chi connectivity index (χ3v) is 5.11. The molecule has 2 fully saturated rings. The van der Waals surface area contributed by atoms with Crippen molar-refractivity contribution in [2.24, 2.45) is 0 Å². The maximum absolute atomic E-state index is 6.26. The van der Waals surface area contributed by atoms with E-state index in [2.05, 4.69) is 20.9 Å². The van der Waals surface area contributed by atoms with E-state index in [1.807, 2.05) is 24.3 Å². The molecule has 1 saturated carbocycles. The van der Waals surface area contributed by atoms with Gasteiger partial charge >= 0.3 is 0 Å². The maximum Gasteiger partial charge on any atom is 0.135 e. The zero-order chi connectivity index (χ0) is 16.1. The second-order valence-electron chi connectivity index (χ2n) is 6.67. The molecule has 1 aromatic carbocycles. The Labute approximate surface area is 145 Å². The molecule has 122 valence electrons. The normalized spacial score (nSPS) is 20.9. The van der Waals surface area contributed by atoms with Gasteiger partial charge in [-0.3, -0.25) is 0 Å². The molecule has 24 heavy (non-hydrogen) atoms. The molecule has 0 radical (unpaired) electrons. The maximum atomic E-state index is 6.26. The quantitative estimate of drug-likeness (QED) is 0.726. The number of benzene rings is 1. The third kappa shape index (κ3) is 2.44. The average molecular weight is 340 g/mol. The predicted octanol–water partition coefficient (Wildman–Crippen LogP) is 4.23. The van der Waals surface area contributed by atoms with Gasteiger partial charge in [0, 0.05) is 18.5 Å². The van der Waals surface area contributed by atoms with E-state index < -0.39 is 0 Å². The largest absolute Gasteiger partial charge is 0.346 e. The monoisotopic (exact) mass is 339 g/mol. The summed E-state index contributed by atoms with van der Waals surface area (Å²) in [6.45, 7) is 0.971. The van der Waals surface area contributed by atoms with Gasteiger partial charge in [-0.25, -0.2) is 15.0 Å². The summed E-state index contributed by atoms with van der Waals surface area (Å²) in [6, 6.07) is 10.3. The van der Waals surface area contributed by atoms with Crippen LogP contribution in [0.25, 0.3) is 11.0 Å². The van der Waals surface area contributed by atoms with Crippen LogP contribution in [0.3, 0.4) is 0 Å². The minimum atomic E-state index is 0.218. The SMILES string of the molecule is Clc1cc(N2CCCC2c2nc3ccccc3[nH]2)nc(C2CC2)n1. The Hall–Kier alpha value is -2.14. The molecule has 2 aliphatic rings. The van der Waals surface area contributed by atoms with Gasteiger partial charge in [0.05, 0.1) is 17.1 Å². The fraction of sp³-hybridized carbons (Fsp3) is 0.389. The van der Waals surface area contributed by atoms with Gasteiger partial charge in [-0.2, -0.15) is 0 Å². The molecule has 1 unspecified atom stereocenters. The average Bonchev–Trinajstić information content (AvgIpc) is 3.17. The van der Waals surface area contributed by atoms with Crippen molar-refractivity contribution in [3.05, 3.63) is 47.1 Å². The van der Waals surface area contributed by atoms with Crippen molar-refractivity contribution in [1.82, 2.24) is 19.9 Å². The lowest BCUT2D eigenvalue weighted by atomic mass is 10.2. The number of nitrogens with one attached hydrogen (secondary N) is 1. The lowest BCUT2D eigenvalue weighted by Crippen LogP contribution is -2.25. The molecular weight excluding hydrogens is 322 g/mol. The number of para-hydroxylation sites is 2. The Morgan fingerprint density at radius 1 is 1.08 bits per heavy atom. The van der Waals surface area contributed by atoms with Crippen LogP contribution in [-0.2, 0) is 0 Å². The summed E-state index contributed by atoms with van der Waals surface area (Å²) in [5, 5.41) is 0.539. The van der Waals surface area contributed by atoms with E-state index in [4.69, 9.17) is 21.6 Å². The van der Waals surface area contributed by atoms with E-state index >= 15 is 0 Å². The lowest BCUT2D eigenvalue weighted by Gasteiger charge is -2.24. The molecule has 1 N–H and O–H groups in total. The number of fused-ring (bicyclic) bond motifs is 1. The van der Waals surface area contributed by atoms with Gasteiger partial charge in [-0.15, -0.1) is 0 Å². The molecule has 1 aliphatic heterocycles. The van der Waals surface area contributed by atoms with Gasteiger partial charge in [0.1, 0.15) is 22.6 Å². The first-order valence-corrected chi connectivity index (χ1v) is 8.91. The van der Waals surface area contributed by atoms with Crippen LogP contribution in [-0.4, -0.2) is 26.5 Å². The number of anilines is 1. The zero-order valence-corrected chi connectivity index (χ0v) is 14.0. The number of nitrogens with zero attached hydrogens (tertiary/aromatic N) is 4. The molecule has 0 spiro atoms. The summed E-state index contributed by atoms with van der Waals surface area (Å²) < 4.78 is 0. The Morgan fingerprint density at radius 3 is 2.79 bits per heavy atom. The lowest BCUT2D eigenvalue weighted by molar-refractivity contribution is 0.669. The van der Waals surface area contributed by atoms with Crippen molar-refractivity contribution in [3.8, 4) is 0 Å². The minimum absolute atomic E-state index is 0.218. The number of H-pyrrole nitrogens is 1. The van der Waals surface area contributed by atoms with Gasteiger partial charge in [0.2, 0.25) is 0 Å². The van der Waals surface area contributed by atoms with E-state index in [-0.39, 0.29) is 6.04 Å². The molecule has 3 heterocycles. The van der Waals surface area contributed by atoms with Crippen LogP contribution in [0.1, 0.15) is 49.3 Å². The van der Waals surface area contributed by atoms with Crippen molar-refractivity contribution < 1.29 is 0 Å². The standard InChI is InChI=1S/C18H18ClN5/c19-15-10-16(23-17(22-15)11-7-8-11)24-9-3-6-14(24)18-20-12-4-1-2-5-13(12)21-18/h1-2,4-5,10-11,14H,3,6-9H2,(H,20,21). The van der Waals surface area contributed by atoms with E-state index in [0.717, 1.165) is 47.9 Å².